The molecule has 0 amide bonds. The van der Waals surface area contributed by atoms with Crippen LogP contribution in [0.25, 0.3) is 22.3 Å². The van der Waals surface area contributed by atoms with Crippen LogP contribution in [0.3, 0.4) is 0 Å². The third kappa shape index (κ3) is 3.51. The summed E-state index contributed by atoms with van der Waals surface area (Å²) in [6.45, 7) is 0. The van der Waals surface area contributed by atoms with E-state index in [0.29, 0.717) is 23.5 Å². The Bertz CT molecular complexity index is 1020. The number of furan rings is 1. The maximum Gasteiger partial charge on any atom is 0.237 e. The van der Waals surface area contributed by atoms with E-state index in [4.69, 9.17) is 8.94 Å². The first-order valence-corrected chi connectivity index (χ1v) is 11.2. The van der Waals surface area contributed by atoms with E-state index < -0.39 is 0 Å². The fourth-order valence-corrected chi connectivity index (χ4v) is 5.06. The number of aromatic nitrogens is 5. The van der Waals surface area contributed by atoms with Crippen molar-refractivity contribution in [2.75, 3.05) is 0 Å². The fourth-order valence-electron chi connectivity index (χ4n) is 3.56. The number of nitrogens with zero attached hydrogens (tertiary/aromatic N) is 5. The number of hydrogen-bond donors (Lipinski definition) is 0. The SMILES string of the molecule is c1coc(-c2nnc(SCc3nc(-c4cccs4)no3)n2C2CCCCC2)c1. The summed E-state index contributed by atoms with van der Waals surface area (Å²) >= 11 is 3.18. The second-order valence-electron chi connectivity index (χ2n) is 6.72. The van der Waals surface area contributed by atoms with Gasteiger partial charge in [0.05, 0.1) is 16.9 Å². The zero-order valence-electron chi connectivity index (χ0n) is 15.2. The van der Waals surface area contributed by atoms with Gasteiger partial charge in [-0.25, -0.2) is 0 Å². The van der Waals surface area contributed by atoms with Gasteiger partial charge in [0.15, 0.2) is 10.9 Å². The second kappa shape index (κ2) is 7.92. The van der Waals surface area contributed by atoms with Crippen molar-refractivity contribution in [2.45, 2.75) is 49.1 Å². The van der Waals surface area contributed by atoms with E-state index in [9.17, 15) is 0 Å². The molecule has 0 saturated heterocycles. The van der Waals surface area contributed by atoms with Gasteiger partial charge in [-0.3, -0.25) is 4.57 Å². The van der Waals surface area contributed by atoms with E-state index in [2.05, 4.69) is 24.9 Å². The summed E-state index contributed by atoms with van der Waals surface area (Å²) < 4.78 is 13.3. The molecule has 144 valence electrons. The Balaban J connectivity index is 1.39. The summed E-state index contributed by atoms with van der Waals surface area (Å²) in [7, 11) is 0. The molecule has 4 aromatic rings. The first-order valence-electron chi connectivity index (χ1n) is 9.36. The van der Waals surface area contributed by atoms with Crippen LogP contribution in [0.15, 0.2) is 50.0 Å². The second-order valence-corrected chi connectivity index (χ2v) is 8.61. The van der Waals surface area contributed by atoms with E-state index in [-0.39, 0.29) is 0 Å². The molecule has 9 heteroatoms. The number of hydrogen-bond acceptors (Lipinski definition) is 8. The Morgan fingerprint density at radius 2 is 2.07 bits per heavy atom. The van der Waals surface area contributed by atoms with Crippen LogP contribution in [0.4, 0.5) is 0 Å². The van der Waals surface area contributed by atoms with Crippen LogP contribution in [0.2, 0.25) is 0 Å². The Morgan fingerprint density at radius 1 is 1.14 bits per heavy atom. The maximum absolute atomic E-state index is 5.60. The molecular weight excluding hydrogens is 394 g/mol. The van der Waals surface area contributed by atoms with Gasteiger partial charge in [-0.2, -0.15) is 4.98 Å². The number of thioether (sulfide) groups is 1. The van der Waals surface area contributed by atoms with Gasteiger partial charge in [0, 0.05) is 6.04 Å². The van der Waals surface area contributed by atoms with E-state index in [1.165, 1.54) is 19.3 Å². The van der Waals surface area contributed by atoms with Crippen molar-refractivity contribution >= 4 is 23.1 Å². The predicted octanol–water partition coefficient (Wildman–Crippen LogP) is 5.45. The Hall–Kier alpha value is -2.39. The van der Waals surface area contributed by atoms with Crippen LogP contribution < -0.4 is 0 Å². The van der Waals surface area contributed by atoms with Gasteiger partial charge in [0.2, 0.25) is 17.5 Å². The van der Waals surface area contributed by atoms with Gasteiger partial charge < -0.3 is 8.94 Å². The summed E-state index contributed by atoms with van der Waals surface area (Å²) in [5.74, 6) is 3.33. The zero-order valence-corrected chi connectivity index (χ0v) is 16.8. The average molecular weight is 414 g/mol. The quantitative estimate of drug-likeness (QED) is 0.389. The van der Waals surface area contributed by atoms with Gasteiger partial charge in [-0.15, -0.1) is 21.5 Å². The molecular formula is C19H19N5O2S2. The van der Waals surface area contributed by atoms with Crippen molar-refractivity contribution in [1.29, 1.82) is 0 Å². The molecule has 0 aromatic carbocycles. The zero-order chi connectivity index (χ0) is 18.8. The van der Waals surface area contributed by atoms with Crippen LogP contribution in [0, 0.1) is 0 Å². The first-order chi connectivity index (χ1) is 13.9. The van der Waals surface area contributed by atoms with Crippen LogP contribution in [0.1, 0.15) is 44.0 Å². The lowest BCUT2D eigenvalue weighted by atomic mass is 9.95. The highest BCUT2D eigenvalue weighted by Gasteiger charge is 2.25. The average Bonchev–Trinajstić information content (AvgIpc) is 3.53. The van der Waals surface area contributed by atoms with Crippen molar-refractivity contribution < 1.29 is 8.94 Å². The maximum atomic E-state index is 5.60. The third-order valence-electron chi connectivity index (χ3n) is 4.88. The van der Waals surface area contributed by atoms with Crippen molar-refractivity contribution in [3.8, 4) is 22.3 Å². The molecule has 4 heterocycles. The third-order valence-corrected chi connectivity index (χ3v) is 6.67. The molecule has 0 spiro atoms. The molecule has 28 heavy (non-hydrogen) atoms. The first kappa shape index (κ1) is 17.7. The monoisotopic (exact) mass is 413 g/mol. The van der Waals surface area contributed by atoms with E-state index in [1.807, 2.05) is 29.6 Å². The molecule has 5 rings (SSSR count). The minimum Gasteiger partial charge on any atom is -0.461 e. The van der Waals surface area contributed by atoms with Gasteiger partial charge in [-0.05, 0) is 36.4 Å². The van der Waals surface area contributed by atoms with E-state index in [1.54, 1.807) is 29.4 Å². The Morgan fingerprint density at radius 3 is 2.86 bits per heavy atom. The summed E-state index contributed by atoms with van der Waals surface area (Å²) in [5, 5.41) is 15.8. The fraction of sp³-hybridized carbons (Fsp3) is 0.368. The van der Waals surface area contributed by atoms with E-state index >= 15 is 0 Å². The van der Waals surface area contributed by atoms with Crippen molar-refractivity contribution in [1.82, 2.24) is 24.9 Å². The molecule has 1 fully saturated rings. The lowest BCUT2D eigenvalue weighted by Crippen LogP contribution is -2.15. The smallest absolute Gasteiger partial charge is 0.237 e. The molecule has 0 N–H and O–H groups in total. The number of thiophene rings is 1. The molecule has 0 bridgehead atoms. The lowest BCUT2D eigenvalue weighted by Gasteiger charge is -2.25. The minimum absolute atomic E-state index is 0.399. The van der Waals surface area contributed by atoms with Crippen LogP contribution >= 0.6 is 23.1 Å². The highest BCUT2D eigenvalue weighted by atomic mass is 32.2. The van der Waals surface area contributed by atoms with E-state index in [0.717, 1.165) is 34.5 Å². The van der Waals surface area contributed by atoms with Gasteiger partial charge in [-0.1, -0.05) is 42.2 Å². The van der Waals surface area contributed by atoms with Gasteiger partial charge in [0.1, 0.15) is 0 Å². The molecule has 7 nitrogen and oxygen atoms in total. The molecule has 0 radical (unpaired) electrons. The summed E-state index contributed by atoms with van der Waals surface area (Å²) in [5.41, 5.74) is 0. The highest BCUT2D eigenvalue weighted by molar-refractivity contribution is 7.98. The van der Waals surface area contributed by atoms with Gasteiger partial charge >= 0.3 is 0 Å². The Kier molecular flexibility index (Phi) is 5.01. The van der Waals surface area contributed by atoms with Crippen LogP contribution in [0.5, 0.6) is 0 Å². The number of rotatable bonds is 6. The Labute approximate surface area is 170 Å². The minimum atomic E-state index is 0.399. The van der Waals surface area contributed by atoms with Crippen molar-refractivity contribution in [3.63, 3.8) is 0 Å². The summed E-state index contributed by atoms with van der Waals surface area (Å²) in [4.78, 5) is 5.51. The summed E-state index contributed by atoms with van der Waals surface area (Å²) in [6, 6.07) is 8.18. The van der Waals surface area contributed by atoms with Gasteiger partial charge in [0.25, 0.3) is 0 Å². The largest absolute Gasteiger partial charge is 0.461 e. The molecule has 1 aliphatic rings. The standard InChI is InChI=1S/C19H19N5O2S2/c1-2-6-13(7-3-1)24-18(14-8-4-10-25-14)21-22-19(24)28-12-16-20-17(23-26-16)15-9-5-11-27-15/h4-5,8-11,13H,1-3,6-7,12H2. The molecule has 0 atom stereocenters. The molecule has 1 saturated carbocycles. The topological polar surface area (TPSA) is 82.8 Å². The normalized spacial score (nSPS) is 15.3. The van der Waals surface area contributed by atoms with Crippen LogP contribution in [-0.4, -0.2) is 24.9 Å². The summed E-state index contributed by atoms with van der Waals surface area (Å²) in [6.07, 6.45) is 7.72. The molecule has 0 aliphatic heterocycles. The molecule has 0 unspecified atom stereocenters. The highest BCUT2D eigenvalue weighted by Crippen LogP contribution is 2.36. The molecule has 4 aromatic heterocycles. The molecule has 1 aliphatic carbocycles. The lowest BCUT2D eigenvalue weighted by molar-refractivity contribution is 0.337. The predicted molar refractivity (Wildman–Crippen MR) is 107 cm³/mol. The van der Waals surface area contributed by atoms with Crippen LogP contribution in [-0.2, 0) is 5.75 Å². The van der Waals surface area contributed by atoms with Crippen molar-refractivity contribution in [3.05, 3.63) is 41.8 Å². The van der Waals surface area contributed by atoms with Crippen molar-refractivity contribution in [2.24, 2.45) is 0 Å².